The largest absolute Gasteiger partial charge is 0.302 e. The van der Waals surface area contributed by atoms with Crippen molar-refractivity contribution in [3.05, 3.63) is 35.4 Å². The second-order valence-electron chi connectivity index (χ2n) is 9.40. The van der Waals surface area contributed by atoms with Gasteiger partial charge in [-0.15, -0.1) is 0 Å². The molecule has 1 aromatic rings. The number of carbonyl (C=O) groups is 1. The third-order valence-corrected chi connectivity index (χ3v) is 7.59. The summed E-state index contributed by atoms with van der Waals surface area (Å²) in [6.45, 7) is 2.76. The van der Waals surface area contributed by atoms with Crippen molar-refractivity contribution in [1.29, 1.82) is 5.26 Å². The monoisotopic (exact) mass is 412 g/mol. The summed E-state index contributed by atoms with van der Waals surface area (Å²) in [6, 6.07) is 5.38. The van der Waals surface area contributed by atoms with Crippen molar-refractivity contribution in [3.8, 4) is 6.07 Å². The molecule has 30 heavy (non-hydrogen) atoms. The van der Waals surface area contributed by atoms with Crippen molar-refractivity contribution >= 4 is 12.1 Å². The van der Waals surface area contributed by atoms with E-state index in [0.717, 1.165) is 51.4 Å². The highest BCUT2D eigenvalue weighted by molar-refractivity contribution is 5.82. The summed E-state index contributed by atoms with van der Waals surface area (Å²) in [7, 11) is 0. The maximum Gasteiger partial charge on any atom is 0.246 e. The van der Waals surface area contributed by atoms with Gasteiger partial charge in [-0.2, -0.15) is 10.4 Å². The number of hydrazone groups is 1. The zero-order chi connectivity index (χ0) is 20.8. The number of nitriles is 1. The van der Waals surface area contributed by atoms with E-state index in [0.29, 0.717) is 29.7 Å². The number of amides is 1. The lowest BCUT2D eigenvalue weighted by Crippen LogP contribution is -2.51. The Morgan fingerprint density at radius 2 is 1.93 bits per heavy atom. The van der Waals surface area contributed by atoms with Gasteiger partial charge in [0.1, 0.15) is 11.6 Å². The van der Waals surface area contributed by atoms with Crippen LogP contribution >= 0.6 is 0 Å². The minimum absolute atomic E-state index is 0.0112. The molecule has 0 aromatic heterocycles. The summed E-state index contributed by atoms with van der Waals surface area (Å²) in [4.78, 5) is 15.8. The third kappa shape index (κ3) is 3.51. The van der Waals surface area contributed by atoms with Crippen LogP contribution < -0.4 is 0 Å². The predicted octanol–water partition coefficient (Wildman–Crippen LogP) is 3.73. The molecule has 2 bridgehead atoms. The number of benzene rings is 1. The summed E-state index contributed by atoms with van der Waals surface area (Å²) in [5.41, 5.74) is 0.455. The number of nitrogens with zero attached hydrogens (tertiary/aromatic N) is 4. The molecule has 4 fully saturated rings. The molecular weight excluding hydrogens is 386 g/mol. The maximum absolute atomic E-state index is 13.7. The molecule has 3 unspecified atom stereocenters. The molecule has 7 heteroatoms. The molecule has 0 radical (unpaired) electrons. The summed E-state index contributed by atoms with van der Waals surface area (Å²) >= 11 is 0. The van der Waals surface area contributed by atoms with Crippen LogP contribution in [0.2, 0.25) is 0 Å². The van der Waals surface area contributed by atoms with Crippen LogP contribution in [-0.2, 0) is 4.79 Å². The topological polar surface area (TPSA) is 59.7 Å². The van der Waals surface area contributed by atoms with Gasteiger partial charge in [-0.1, -0.05) is 0 Å². The van der Waals surface area contributed by atoms with E-state index in [1.807, 2.05) is 0 Å². The fraction of sp³-hybridized carbons (Fsp3) is 0.609. The highest BCUT2D eigenvalue weighted by atomic mass is 19.1. The van der Waals surface area contributed by atoms with E-state index in [1.54, 1.807) is 6.21 Å². The van der Waals surface area contributed by atoms with Crippen molar-refractivity contribution in [2.45, 2.75) is 38.1 Å². The SMILES string of the molecule is N#CC1CCN(CC2C[C@H](C(=O)N3N=CCC3c3cc(F)cc(F)c3)C3CC2C3)C1. The first-order chi connectivity index (χ1) is 14.5. The Kier molecular flexibility index (Phi) is 5.06. The molecule has 3 aliphatic carbocycles. The molecule has 1 aromatic carbocycles. The molecule has 6 rings (SSSR count). The molecule has 2 aliphatic heterocycles. The van der Waals surface area contributed by atoms with Crippen LogP contribution in [0.5, 0.6) is 0 Å². The first-order valence-electron chi connectivity index (χ1n) is 10.9. The van der Waals surface area contributed by atoms with Crippen LogP contribution in [0.3, 0.4) is 0 Å². The maximum atomic E-state index is 13.7. The first-order valence-corrected chi connectivity index (χ1v) is 10.9. The average molecular weight is 412 g/mol. The molecule has 1 saturated heterocycles. The summed E-state index contributed by atoms with van der Waals surface area (Å²) in [6.07, 6.45) is 6.08. The van der Waals surface area contributed by atoms with Gasteiger partial charge in [0.25, 0.3) is 0 Å². The van der Waals surface area contributed by atoms with Crippen LogP contribution in [0.25, 0.3) is 0 Å². The Labute approximate surface area is 175 Å². The molecule has 0 N–H and O–H groups in total. The standard InChI is InChI=1S/C23H26F2N4O/c24-19-7-17(8-20(25)10-19)22-1-3-27-29(22)23(30)21-9-18(15-5-16(21)6-15)13-28-4-2-14(11-26)12-28/h3,7-8,10,14-16,18,21-22H,1-2,4-6,9,12-13H2/t14?,15?,16?,18?,21-,22?/m0/s1. The van der Waals surface area contributed by atoms with Crippen LogP contribution in [0.15, 0.2) is 23.3 Å². The average Bonchev–Trinajstić information content (AvgIpc) is 3.35. The highest BCUT2D eigenvalue weighted by Crippen LogP contribution is 2.53. The second kappa shape index (κ2) is 7.73. The number of fused-ring (bicyclic) bond motifs is 2. The number of carbonyl (C=O) groups excluding carboxylic acids is 1. The molecule has 2 heterocycles. The van der Waals surface area contributed by atoms with Gasteiger partial charge >= 0.3 is 0 Å². The van der Waals surface area contributed by atoms with Gasteiger partial charge in [-0.3, -0.25) is 4.79 Å². The van der Waals surface area contributed by atoms with Crippen molar-refractivity contribution < 1.29 is 13.6 Å². The number of hydrogen-bond donors (Lipinski definition) is 0. The smallest absolute Gasteiger partial charge is 0.246 e. The molecule has 4 atom stereocenters. The second-order valence-corrected chi connectivity index (χ2v) is 9.40. The Bertz CT molecular complexity index is 887. The first kappa shape index (κ1) is 19.6. The molecule has 5 aliphatic rings. The van der Waals surface area contributed by atoms with Gasteiger partial charge in [-0.25, -0.2) is 13.8 Å². The molecule has 5 nitrogen and oxygen atoms in total. The lowest BCUT2D eigenvalue weighted by Gasteiger charge is -2.52. The third-order valence-electron chi connectivity index (χ3n) is 7.59. The zero-order valence-electron chi connectivity index (χ0n) is 16.9. The van der Waals surface area contributed by atoms with Crippen LogP contribution in [0.1, 0.15) is 43.7 Å². The van der Waals surface area contributed by atoms with Gasteiger partial charge in [0.05, 0.1) is 18.0 Å². The highest BCUT2D eigenvalue weighted by Gasteiger charge is 2.50. The summed E-state index contributed by atoms with van der Waals surface area (Å²) in [5.74, 6) is 0.313. The van der Waals surface area contributed by atoms with Crippen molar-refractivity contribution in [2.24, 2.45) is 34.7 Å². The number of hydrogen-bond acceptors (Lipinski definition) is 4. The Morgan fingerprint density at radius 1 is 1.17 bits per heavy atom. The predicted molar refractivity (Wildman–Crippen MR) is 107 cm³/mol. The van der Waals surface area contributed by atoms with E-state index < -0.39 is 17.7 Å². The molecule has 1 amide bonds. The minimum Gasteiger partial charge on any atom is -0.302 e. The van der Waals surface area contributed by atoms with Gasteiger partial charge < -0.3 is 4.90 Å². The van der Waals surface area contributed by atoms with E-state index in [9.17, 15) is 13.6 Å². The van der Waals surface area contributed by atoms with E-state index in [-0.39, 0.29) is 17.7 Å². The Morgan fingerprint density at radius 3 is 2.63 bits per heavy atom. The fourth-order valence-electron chi connectivity index (χ4n) is 5.94. The number of rotatable bonds is 4. The van der Waals surface area contributed by atoms with E-state index in [1.165, 1.54) is 17.1 Å². The Balaban J connectivity index is 1.28. The normalized spacial score (nSPS) is 35.3. The minimum atomic E-state index is -0.634. The molecule has 158 valence electrons. The number of likely N-dealkylation sites (tertiary alicyclic amines) is 1. The fourth-order valence-corrected chi connectivity index (χ4v) is 5.94. The molecular formula is C23H26F2N4O. The van der Waals surface area contributed by atoms with E-state index in [4.69, 9.17) is 5.26 Å². The molecule has 0 spiro atoms. The van der Waals surface area contributed by atoms with Crippen LogP contribution in [0, 0.1) is 52.6 Å². The Hall–Kier alpha value is -2.33. The quantitative estimate of drug-likeness (QED) is 0.757. The van der Waals surface area contributed by atoms with Crippen molar-refractivity contribution in [3.63, 3.8) is 0 Å². The van der Waals surface area contributed by atoms with Gasteiger partial charge in [0.2, 0.25) is 5.91 Å². The van der Waals surface area contributed by atoms with Crippen LogP contribution in [-0.4, -0.2) is 41.7 Å². The lowest BCUT2D eigenvalue weighted by molar-refractivity contribution is -0.147. The van der Waals surface area contributed by atoms with Gasteiger partial charge in [0.15, 0.2) is 0 Å². The zero-order valence-corrected chi connectivity index (χ0v) is 16.9. The van der Waals surface area contributed by atoms with Gasteiger partial charge in [0, 0.05) is 37.7 Å². The van der Waals surface area contributed by atoms with E-state index in [2.05, 4.69) is 16.1 Å². The van der Waals surface area contributed by atoms with E-state index >= 15 is 0 Å². The van der Waals surface area contributed by atoms with Crippen molar-refractivity contribution in [1.82, 2.24) is 9.91 Å². The summed E-state index contributed by atoms with van der Waals surface area (Å²) < 4.78 is 27.4. The van der Waals surface area contributed by atoms with Gasteiger partial charge in [-0.05, 0) is 67.7 Å². The summed E-state index contributed by atoms with van der Waals surface area (Å²) in [5, 5.41) is 14.9. The molecule has 3 saturated carbocycles. The number of halogens is 2. The van der Waals surface area contributed by atoms with Crippen molar-refractivity contribution in [2.75, 3.05) is 19.6 Å². The lowest BCUT2D eigenvalue weighted by atomic mass is 9.55. The van der Waals surface area contributed by atoms with Crippen LogP contribution in [0.4, 0.5) is 8.78 Å².